The van der Waals surface area contributed by atoms with Crippen LogP contribution in [0.4, 0.5) is 11.4 Å². The fourth-order valence-electron chi connectivity index (χ4n) is 5.77. The summed E-state index contributed by atoms with van der Waals surface area (Å²) < 4.78 is 12.1. The molecule has 1 unspecified atom stereocenters. The summed E-state index contributed by atoms with van der Waals surface area (Å²) in [6.45, 7) is 2.12. The minimum atomic E-state index is -0.767. The quantitative estimate of drug-likeness (QED) is 0.742. The van der Waals surface area contributed by atoms with Crippen LogP contribution >= 0.6 is 0 Å². The minimum absolute atomic E-state index is 0.00250. The van der Waals surface area contributed by atoms with E-state index in [1.54, 1.807) is 34.1 Å². The Bertz CT molecular complexity index is 1200. The predicted molar refractivity (Wildman–Crippen MR) is 125 cm³/mol. The van der Waals surface area contributed by atoms with Crippen molar-refractivity contribution in [2.75, 3.05) is 16.8 Å². The molecule has 1 N–H and O–H groups in total. The van der Waals surface area contributed by atoms with E-state index in [4.69, 9.17) is 9.47 Å². The molecule has 0 radical (unpaired) electrons. The number of nitrogens with one attached hydrogen (secondary N) is 1. The molecule has 6 rings (SSSR count). The maximum absolute atomic E-state index is 13.3. The number of para-hydroxylation sites is 1. The smallest absolute Gasteiger partial charge is 0.257 e. The maximum Gasteiger partial charge on any atom is 0.257 e. The zero-order chi connectivity index (χ0) is 23.5. The fourth-order valence-corrected chi connectivity index (χ4v) is 5.77. The third-order valence-electron chi connectivity index (χ3n) is 7.49. The van der Waals surface area contributed by atoms with Crippen molar-refractivity contribution in [3.63, 3.8) is 0 Å². The third-order valence-corrected chi connectivity index (χ3v) is 7.49. The third kappa shape index (κ3) is 3.15. The molecule has 1 saturated carbocycles. The standard InChI is InChI=1S/C26H27N3O5/c1-25-14-10-23(31)29(25)19-7-3-2-6-18(19)24(32)28(25)15-11-22(30)27-17-8-9-20-21(16-17)34-26(33-20)12-4-5-13-26/h2-3,6-9,16H,4-5,10-15H2,1H3,(H,27,30). The number of rotatable bonds is 4. The zero-order valence-corrected chi connectivity index (χ0v) is 19.1. The summed E-state index contributed by atoms with van der Waals surface area (Å²) in [5.41, 5.74) is 1.00. The maximum atomic E-state index is 13.3. The van der Waals surface area contributed by atoms with Gasteiger partial charge in [0.05, 0.1) is 11.3 Å². The van der Waals surface area contributed by atoms with E-state index in [-0.39, 0.29) is 30.7 Å². The Hall–Kier alpha value is -3.55. The highest BCUT2D eigenvalue weighted by molar-refractivity contribution is 6.10. The van der Waals surface area contributed by atoms with E-state index in [9.17, 15) is 14.4 Å². The van der Waals surface area contributed by atoms with Gasteiger partial charge >= 0.3 is 0 Å². The molecule has 1 saturated heterocycles. The first-order valence-corrected chi connectivity index (χ1v) is 11.9. The molecule has 2 aromatic rings. The van der Waals surface area contributed by atoms with E-state index in [0.29, 0.717) is 41.3 Å². The van der Waals surface area contributed by atoms with Gasteiger partial charge < -0.3 is 19.7 Å². The van der Waals surface area contributed by atoms with Crippen LogP contribution < -0.4 is 19.7 Å². The van der Waals surface area contributed by atoms with Crippen LogP contribution in [0.2, 0.25) is 0 Å². The second kappa shape index (κ2) is 7.48. The Morgan fingerprint density at radius 3 is 2.62 bits per heavy atom. The van der Waals surface area contributed by atoms with E-state index in [0.717, 1.165) is 25.7 Å². The van der Waals surface area contributed by atoms with Crippen molar-refractivity contribution < 1.29 is 23.9 Å². The first-order valence-electron chi connectivity index (χ1n) is 11.9. The van der Waals surface area contributed by atoms with Gasteiger partial charge in [-0.1, -0.05) is 12.1 Å². The van der Waals surface area contributed by atoms with E-state index in [1.807, 2.05) is 25.1 Å². The Kier molecular flexibility index (Phi) is 4.62. The molecule has 8 nitrogen and oxygen atoms in total. The van der Waals surface area contributed by atoms with Crippen LogP contribution in [0, 0.1) is 0 Å². The number of carbonyl (C=O) groups excluding carboxylic acids is 3. The highest BCUT2D eigenvalue weighted by Gasteiger charge is 2.52. The van der Waals surface area contributed by atoms with Gasteiger partial charge in [0.25, 0.3) is 11.7 Å². The van der Waals surface area contributed by atoms with Crippen LogP contribution in [0.15, 0.2) is 42.5 Å². The highest BCUT2D eigenvalue weighted by Crippen LogP contribution is 2.47. The Labute approximate surface area is 197 Å². The van der Waals surface area contributed by atoms with Crippen molar-refractivity contribution in [1.82, 2.24) is 4.90 Å². The van der Waals surface area contributed by atoms with Crippen LogP contribution in [0.5, 0.6) is 11.5 Å². The molecule has 0 bridgehead atoms. The molecule has 176 valence electrons. The van der Waals surface area contributed by atoms with E-state index >= 15 is 0 Å². The molecule has 2 fully saturated rings. The molecule has 3 heterocycles. The average Bonchev–Trinajstić information content (AvgIpc) is 3.51. The normalized spacial score (nSPS) is 23.9. The van der Waals surface area contributed by atoms with Crippen molar-refractivity contribution in [2.45, 2.75) is 63.3 Å². The molecule has 0 aromatic heterocycles. The molecule has 3 aliphatic heterocycles. The molecule has 2 aromatic carbocycles. The SMILES string of the molecule is CC12CCC(=O)N1c1ccccc1C(=O)N2CCC(=O)Nc1ccc2c(c1)OC1(CCCC1)O2. The lowest BCUT2D eigenvalue weighted by Gasteiger charge is -2.48. The molecule has 3 amide bonds. The largest absolute Gasteiger partial charge is 0.448 e. The topological polar surface area (TPSA) is 88.2 Å². The van der Waals surface area contributed by atoms with Crippen LogP contribution in [0.1, 0.15) is 62.2 Å². The summed E-state index contributed by atoms with van der Waals surface area (Å²) in [7, 11) is 0. The Morgan fingerprint density at radius 2 is 1.79 bits per heavy atom. The van der Waals surface area contributed by atoms with Gasteiger partial charge in [-0.25, -0.2) is 0 Å². The van der Waals surface area contributed by atoms with E-state index in [2.05, 4.69) is 5.32 Å². The number of anilines is 2. The number of carbonyl (C=O) groups is 3. The zero-order valence-electron chi connectivity index (χ0n) is 19.1. The number of amides is 3. The second-order valence-corrected chi connectivity index (χ2v) is 9.70. The summed E-state index contributed by atoms with van der Waals surface area (Å²) in [5.74, 6) is 0.446. The first kappa shape index (κ1) is 21.0. The molecule has 8 heteroatoms. The van der Waals surface area contributed by atoms with Crippen molar-refractivity contribution in [1.29, 1.82) is 0 Å². The molecular formula is C26H27N3O5. The summed E-state index contributed by atoms with van der Waals surface area (Å²) in [6.07, 6.45) is 4.93. The number of ether oxygens (including phenoxy) is 2. The molecule has 4 aliphatic rings. The van der Waals surface area contributed by atoms with Crippen molar-refractivity contribution in [3.8, 4) is 11.5 Å². The summed E-state index contributed by atoms with van der Waals surface area (Å²) in [4.78, 5) is 42.2. The number of benzene rings is 2. The summed E-state index contributed by atoms with van der Waals surface area (Å²) in [5, 5.41) is 2.91. The second-order valence-electron chi connectivity index (χ2n) is 9.70. The Balaban J connectivity index is 1.16. The number of hydrogen-bond acceptors (Lipinski definition) is 5. The van der Waals surface area contributed by atoms with Gasteiger partial charge in [0, 0.05) is 44.0 Å². The van der Waals surface area contributed by atoms with Gasteiger partial charge in [0.15, 0.2) is 11.5 Å². The molecule has 1 spiro atoms. The molecule has 34 heavy (non-hydrogen) atoms. The van der Waals surface area contributed by atoms with Crippen molar-refractivity contribution in [3.05, 3.63) is 48.0 Å². The van der Waals surface area contributed by atoms with Crippen LogP contribution in [0.3, 0.4) is 0 Å². The monoisotopic (exact) mass is 461 g/mol. The first-order chi connectivity index (χ1) is 16.4. The van der Waals surface area contributed by atoms with E-state index in [1.165, 1.54) is 0 Å². The van der Waals surface area contributed by atoms with Crippen molar-refractivity contribution in [2.24, 2.45) is 0 Å². The van der Waals surface area contributed by atoms with Gasteiger partial charge in [0.2, 0.25) is 11.8 Å². The van der Waals surface area contributed by atoms with Crippen LogP contribution in [-0.2, 0) is 9.59 Å². The molecular weight excluding hydrogens is 434 g/mol. The van der Waals surface area contributed by atoms with Crippen LogP contribution in [-0.4, -0.2) is 40.6 Å². The number of fused-ring (bicyclic) bond motifs is 4. The van der Waals surface area contributed by atoms with E-state index < -0.39 is 11.4 Å². The summed E-state index contributed by atoms with van der Waals surface area (Å²) in [6, 6.07) is 12.6. The number of hydrogen-bond donors (Lipinski definition) is 1. The molecule has 1 atom stereocenters. The lowest BCUT2D eigenvalue weighted by molar-refractivity contribution is -0.117. The lowest BCUT2D eigenvalue weighted by Crippen LogP contribution is -2.62. The fraction of sp³-hybridized carbons (Fsp3) is 0.423. The number of nitrogens with zero attached hydrogens (tertiary/aromatic N) is 2. The van der Waals surface area contributed by atoms with Gasteiger partial charge in [-0.05, 0) is 50.5 Å². The lowest BCUT2D eigenvalue weighted by atomic mass is 9.98. The van der Waals surface area contributed by atoms with Gasteiger partial charge in [0.1, 0.15) is 5.66 Å². The minimum Gasteiger partial charge on any atom is -0.448 e. The van der Waals surface area contributed by atoms with Crippen molar-refractivity contribution >= 4 is 29.1 Å². The van der Waals surface area contributed by atoms with Gasteiger partial charge in [-0.2, -0.15) is 0 Å². The van der Waals surface area contributed by atoms with Gasteiger partial charge in [-0.3, -0.25) is 19.3 Å². The summed E-state index contributed by atoms with van der Waals surface area (Å²) >= 11 is 0. The van der Waals surface area contributed by atoms with Crippen LogP contribution in [0.25, 0.3) is 0 Å². The average molecular weight is 462 g/mol. The molecule has 1 aliphatic carbocycles. The van der Waals surface area contributed by atoms with Gasteiger partial charge in [-0.15, -0.1) is 0 Å². The predicted octanol–water partition coefficient (Wildman–Crippen LogP) is 4.06. The highest BCUT2D eigenvalue weighted by atomic mass is 16.7. The Morgan fingerprint density at radius 1 is 1.03 bits per heavy atom.